The van der Waals surface area contributed by atoms with Crippen LogP contribution in [0.4, 0.5) is 0 Å². The average molecular weight is 305 g/mol. The average Bonchev–Trinajstić information content (AvgIpc) is 2.48. The number of dihydropyridines is 1. The zero-order valence-corrected chi connectivity index (χ0v) is 13.2. The highest BCUT2D eigenvalue weighted by molar-refractivity contribution is 8.17. The molecule has 0 saturated carbocycles. The molecule has 1 unspecified atom stereocenters. The van der Waals surface area contributed by atoms with Crippen LogP contribution in [-0.4, -0.2) is 23.2 Å². The second-order valence-corrected chi connectivity index (χ2v) is 6.11. The van der Waals surface area contributed by atoms with Gasteiger partial charge in [0.1, 0.15) is 0 Å². The summed E-state index contributed by atoms with van der Waals surface area (Å²) in [5, 5.41) is 1.00. The fraction of sp³-hybridized carbons (Fsp3) is 0.250. The zero-order chi connectivity index (χ0) is 14.4. The molecule has 0 amide bonds. The molecule has 1 aromatic carbocycles. The number of rotatable bonds is 3. The molecule has 0 aromatic heterocycles. The molecule has 1 aliphatic rings. The largest absolute Gasteiger partial charge is 0.276 e. The molecule has 2 rings (SSSR count). The van der Waals surface area contributed by atoms with E-state index in [4.69, 9.17) is 11.6 Å². The van der Waals surface area contributed by atoms with Crippen LogP contribution in [0.2, 0.25) is 0 Å². The number of allylic oxidation sites excluding steroid dienone is 1. The van der Waals surface area contributed by atoms with E-state index in [1.807, 2.05) is 43.5 Å². The number of alkyl halides is 1. The lowest BCUT2D eigenvalue weighted by Gasteiger charge is -2.11. The van der Waals surface area contributed by atoms with E-state index >= 15 is 0 Å². The molecule has 0 bridgehead atoms. The molecule has 20 heavy (non-hydrogen) atoms. The van der Waals surface area contributed by atoms with Gasteiger partial charge in [-0.2, -0.15) is 0 Å². The molecule has 0 N–H and O–H groups in total. The number of thioether (sulfide) groups is 1. The summed E-state index contributed by atoms with van der Waals surface area (Å²) in [5.74, 6) is 0. The second kappa shape index (κ2) is 7.46. The quantitative estimate of drug-likeness (QED) is 0.583. The summed E-state index contributed by atoms with van der Waals surface area (Å²) in [4.78, 5) is 10.1. The van der Waals surface area contributed by atoms with E-state index in [1.165, 1.54) is 0 Å². The van der Waals surface area contributed by atoms with Crippen LogP contribution in [-0.2, 0) is 0 Å². The van der Waals surface area contributed by atoms with E-state index in [-0.39, 0.29) is 5.38 Å². The molecule has 0 fully saturated rings. The van der Waals surface area contributed by atoms with Gasteiger partial charge in [0.25, 0.3) is 0 Å². The van der Waals surface area contributed by atoms with Crippen molar-refractivity contribution < 1.29 is 0 Å². The number of benzene rings is 1. The Morgan fingerprint density at radius 1 is 1.40 bits per heavy atom. The summed E-state index contributed by atoms with van der Waals surface area (Å²) in [6.07, 6.45) is 5.78. The van der Waals surface area contributed by atoms with E-state index in [0.29, 0.717) is 6.54 Å². The summed E-state index contributed by atoms with van der Waals surface area (Å²) < 4.78 is 0. The van der Waals surface area contributed by atoms with E-state index < -0.39 is 0 Å². The predicted octanol–water partition coefficient (Wildman–Crippen LogP) is 4.77. The number of hydrogen-bond acceptors (Lipinski definition) is 3. The lowest BCUT2D eigenvalue weighted by molar-refractivity contribution is 1.01. The Morgan fingerprint density at radius 2 is 2.15 bits per heavy atom. The first-order valence-corrected chi connectivity index (χ1v) is 7.75. The zero-order valence-electron chi connectivity index (χ0n) is 11.6. The van der Waals surface area contributed by atoms with Gasteiger partial charge in [-0.3, -0.25) is 9.98 Å². The molecule has 0 radical (unpaired) electrons. The van der Waals surface area contributed by atoms with Gasteiger partial charge in [0, 0.05) is 16.7 Å². The Labute approximate surface area is 129 Å². The Hall–Kier alpha value is -1.32. The minimum absolute atomic E-state index is 0.0193. The minimum Gasteiger partial charge on any atom is -0.276 e. The summed E-state index contributed by atoms with van der Waals surface area (Å²) >= 11 is 7.62. The Bertz CT molecular complexity index is 573. The van der Waals surface area contributed by atoms with Crippen LogP contribution in [0.3, 0.4) is 0 Å². The summed E-state index contributed by atoms with van der Waals surface area (Å²) in [7, 11) is 0. The number of nitrogens with zero attached hydrogens (tertiary/aromatic N) is 2. The standard InChI is InChI=1S/C16H17ClN2S/c1-3-18-16(13-7-5-4-6-8-13)12(2)20-15-10-9-14(17)11-19-15/h3-10,14H,11H2,1-2H3/b16-12+,18-3?. The smallest absolute Gasteiger partial charge is 0.0947 e. The molecule has 1 aliphatic heterocycles. The van der Waals surface area contributed by atoms with Gasteiger partial charge in [-0.25, -0.2) is 0 Å². The predicted molar refractivity (Wildman–Crippen MR) is 91.9 cm³/mol. The first-order chi connectivity index (χ1) is 9.70. The van der Waals surface area contributed by atoms with Crippen molar-refractivity contribution in [3.05, 3.63) is 53.0 Å². The van der Waals surface area contributed by atoms with Gasteiger partial charge in [-0.05, 0) is 19.9 Å². The first-order valence-electron chi connectivity index (χ1n) is 6.50. The van der Waals surface area contributed by atoms with Gasteiger partial charge in [-0.1, -0.05) is 48.2 Å². The highest BCUT2D eigenvalue weighted by Gasteiger charge is 2.10. The SMILES string of the molecule is CC=N/C(=C(\C)SC1=NCC(Cl)C=C1)c1ccccc1. The maximum atomic E-state index is 5.99. The Balaban J connectivity index is 2.25. The van der Waals surface area contributed by atoms with Gasteiger partial charge in [0.2, 0.25) is 0 Å². The van der Waals surface area contributed by atoms with Gasteiger partial charge in [0.05, 0.1) is 22.7 Å². The molecular weight excluding hydrogens is 288 g/mol. The molecule has 0 aliphatic carbocycles. The van der Waals surface area contributed by atoms with Crippen LogP contribution >= 0.6 is 23.4 Å². The van der Waals surface area contributed by atoms with Crippen LogP contribution < -0.4 is 0 Å². The third-order valence-electron chi connectivity index (χ3n) is 2.77. The van der Waals surface area contributed by atoms with Crippen molar-refractivity contribution in [3.8, 4) is 0 Å². The van der Waals surface area contributed by atoms with Gasteiger partial charge in [0.15, 0.2) is 0 Å². The van der Waals surface area contributed by atoms with Crippen molar-refractivity contribution in [2.45, 2.75) is 19.2 Å². The number of halogens is 1. The lowest BCUT2D eigenvalue weighted by atomic mass is 10.1. The topological polar surface area (TPSA) is 24.7 Å². The van der Waals surface area contributed by atoms with E-state index in [9.17, 15) is 0 Å². The maximum Gasteiger partial charge on any atom is 0.0947 e. The summed E-state index contributed by atoms with van der Waals surface area (Å²) in [5.41, 5.74) is 2.11. The van der Waals surface area contributed by atoms with Crippen molar-refractivity contribution in [3.63, 3.8) is 0 Å². The van der Waals surface area contributed by atoms with E-state index in [2.05, 4.69) is 29.0 Å². The lowest BCUT2D eigenvalue weighted by Crippen LogP contribution is -2.07. The maximum absolute atomic E-state index is 5.99. The Kier molecular flexibility index (Phi) is 5.62. The van der Waals surface area contributed by atoms with Crippen molar-refractivity contribution >= 4 is 40.3 Å². The molecule has 1 atom stereocenters. The van der Waals surface area contributed by atoms with Gasteiger partial charge in [-0.15, -0.1) is 11.6 Å². The fourth-order valence-electron chi connectivity index (χ4n) is 1.84. The monoisotopic (exact) mass is 304 g/mol. The van der Waals surface area contributed by atoms with Crippen molar-refractivity contribution in [2.24, 2.45) is 9.98 Å². The van der Waals surface area contributed by atoms with Gasteiger partial charge >= 0.3 is 0 Å². The highest BCUT2D eigenvalue weighted by Crippen LogP contribution is 2.29. The molecule has 104 valence electrons. The molecule has 2 nitrogen and oxygen atoms in total. The Morgan fingerprint density at radius 3 is 2.75 bits per heavy atom. The summed E-state index contributed by atoms with van der Waals surface area (Å²) in [6, 6.07) is 10.2. The molecular formula is C16H17ClN2S. The van der Waals surface area contributed by atoms with Crippen LogP contribution in [0, 0.1) is 0 Å². The second-order valence-electron chi connectivity index (χ2n) is 4.31. The molecule has 4 heteroatoms. The first kappa shape index (κ1) is 15.1. The van der Waals surface area contributed by atoms with Crippen molar-refractivity contribution in [2.75, 3.05) is 6.54 Å². The number of hydrogen-bond donors (Lipinski definition) is 0. The number of aliphatic imine (C=N–C) groups is 2. The van der Waals surface area contributed by atoms with Gasteiger partial charge < -0.3 is 0 Å². The van der Waals surface area contributed by atoms with E-state index in [1.54, 1.807) is 11.8 Å². The van der Waals surface area contributed by atoms with Crippen LogP contribution in [0.15, 0.2) is 57.4 Å². The minimum atomic E-state index is 0.0193. The molecule has 0 spiro atoms. The van der Waals surface area contributed by atoms with Crippen molar-refractivity contribution in [1.29, 1.82) is 0 Å². The fourth-order valence-corrected chi connectivity index (χ4v) is 2.85. The van der Waals surface area contributed by atoms with E-state index in [0.717, 1.165) is 21.2 Å². The highest BCUT2D eigenvalue weighted by atomic mass is 35.5. The third kappa shape index (κ3) is 4.09. The third-order valence-corrected chi connectivity index (χ3v) is 4.02. The summed E-state index contributed by atoms with van der Waals surface area (Å²) in [6.45, 7) is 4.64. The molecule has 1 heterocycles. The van der Waals surface area contributed by atoms with Crippen LogP contribution in [0.5, 0.6) is 0 Å². The molecule has 1 aromatic rings. The normalized spacial score (nSPS) is 19.9. The van der Waals surface area contributed by atoms with Crippen molar-refractivity contribution in [1.82, 2.24) is 0 Å². The molecule has 0 saturated heterocycles. The van der Waals surface area contributed by atoms with Crippen LogP contribution in [0.1, 0.15) is 19.4 Å². The van der Waals surface area contributed by atoms with Crippen LogP contribution in [0.25, 0.3) is 5.70 Å².